The van der Waals surface area contributed by atoms with Crippen LogP contribution in [0.2, 0.25) is 0 Å². The van der Waals surface area contributed by atoms with E-state index in [-0.39, 0.29) is 11.7 Å². The highest BCUT2D eigenvalue weighted by Crippen LogP contribution is 2.27. The Kier molecular flexibility index (Phi) is 5.97. The van der Waals surface area contributed by atoms with Crippen LogP contribution in [-0.4, -0.2) is 30.9 Å². The summed E-state index contributed by atoms with van der Waals surface area (Å²) in [4.78, 5) is 12.4. The molecule has 0 unspecified atom stereocenters. The summed E-state index contributed by atoms with van der Waals surface area (Å²) in [5.41, 5.74) is 6.52. The number of aryl methyl sites for hydroxylation is 1. The molecular weight excluding hydrogens is 373 g/mol. The lowest BCUT2D eigenvalue weighted by Gasteiger charge is -2.09. The Hall–Kier alpha value is -3.61. The van der Waals surface area contributed by atoms with Gasteiger partial charge in [-0.3, -0.25) is 4.79 Å². The van der Waals surface area contributed by atoms with Crippen LogP contribution in [-0.2, 0) is 0 Å². The first kappa shape index (κ1) is 20.1. The van der Waals surface area contributed by atoms with E-state index in [4.69, 9.17) is 9.47 Å². The molecular formula is C22H22FN3O3. The fraction of sp³-hybridized carbons (Fsp3) is 0.182. The number of nitrogens with one attached hydrogen (secondary N) is 1. The molecule has 29 heavy (non-hydrogen) atoms. The molecule has 150 valence electrons. The highest BCUT2D eigenvalue weighted by atomic mass is 19.1. The summed E-state index contributed by atoms with van der Waals surface area (Å²) >= 11 is 0. The Morgan fingerprint density at radius 2 is 1.72 bits per heavy atom. The van der Waals surface area contributed by atoms with E-state index >= 15 is 0 Å². The number of ether oxygens (including phenoxy) is 2. The third kappa shape index (κ3) is 4.29. The molecule has 1 N–H and O–H groups in total. The van der Waals surface area contributed by atoms with Crippen molar-refractivity contribution in [3.63, 3.8) is 0 Å². The van der Waals surface area contributed by atoms with Crippen molar-refractivity contribution in [2.75, 3.05) is 14.2 Å². The Morgan fingerprint density at radius 3 is 2.38 bits per heavy atom. The number of benzene rings is 2. The molecule has 1 heterocycles. The molecule has 1 aromatic heterocycles. The number of rotatable bonds is 6. The van der Waals surface area contributed by atoms with Gasteiger partial charge < -0.3 is 14.0 Å². The first-order valence-electron chi connectivity index (χ1n) is 8.95. The van der Waals surface area contributed by atoms with E-state index in [1.54, 1.807) is 36.5 Å². The number of carbonyl (C=O) groups is 1. The molecule has 0 aliphatic carbocycles. The van der Waals surface area contributed by atoms with Gasteiger partial charge in [0, 0.05) is 28.2 Å². The molecule has 0 spiro atoms. The molecule has 0 fully saturated rings. The minimum Gasteiger partial charge on any atom is -0.493 e. The molecule has 6 nitrogen and oxygen atoms in total. The van der Waals surface area contributed by atoms with E-state index in [0.29, 0.717) is 17.1 Å². The number of hydrogen-bond acceptors (Lipinski definition) is 4. The van der Waals surface area contributed by atoms with Crippen LogP contribution in [0.15, 0.2) is 53.6 Å². The highest BCUT2D eigenvalue weighted by molar-refractivity contribution is 5.95. The normalized spacial score (nSPS) is 10.9. The Morgan fingerprint density at radius 1 is 1.03 bits per heavy atom. The van der Waals surface area contributed by atoms with E-state index in [0.717, 1.165) is 22.6 Å². The topological polar surface area (TPSA) is 64.8 Å². The van der Waals surface area contributed by atoms with Crippen LogP contribution in [0.4, 0.5) is 4.39 Å². The number of nitrogens with zero attached hydrogens (tertiary/aromatic N) is 2. The number of hydrazone groups is 1. The van der Waals surface area contributed by atoms with Crippen LogP contribution >= 0.6 is 0 Å². The molecule has 0 saturated carbocycles. The molecule has 7 heteroatoms. The monoisotopic (exact) mass is 395 g/mol. The average molecular weight is 395 g/mol. The highest BCUT2D eigenvalue weighted by Gasteiger charge is 2.11. The van der Waals surface area contributed by atoms with Crippen molar-refractivity contribution >= 4 is 12.1 Å². The molecule has 3 aromatic rings. The molecule has 2 aromatic carbocycles. The van der Waals surface area contributed by atoms with E-state index < -0.39 is 0 Å². The van der Waals surface area contributed by atoms with Gasteiger partial charge in [-0.2, -0.15) is 5.10 Å². The number of amides is 1. The first-order valence-corrected chi connectivity index (χ1v) is 8.95. The van der Waals surface area contributed by atoms with Crippen molar-refractivity contribution in [1.82, 2.24) is 9.99 Å². The molecule has 0 aliphatic heterocycles. The van der Waals surface area contributed by atoms with E-state index in [9.17, 15) is 9.18 Å². The molecule has 0 saturated heterocycles. The van der Waals surface area contributed by atoms with Gasteiger partial charge in [0.05, 0.1) is 20.4 Å². The van der Waals surface area contributed by atoms with Gasteiger partial charge in [0.15, 0.2) is 11.5 Å². The average Bonchev–Trinajstić information content (AvgIpc) is 3.01. The fourth-order valence-electron chi connectivity index (χ4n) is 3.11. The molecule has 3 rings (SSSR count). The Bertz CT molecular complexity index is 1060. The van der Waals surface area contributed by atoms with Gasteiger partial charge in [-0.25, -0.2) is 9.82 Å². The van der Waals surface area contributed by atoms with E-state index in [1.165, 1.54) is 26.4 Å². The number of halogens is 1. The number of hydrogen-bond donors (Lipinski definition) is 1. The lowest BCUT2D eigenvalue weighted by molar-refractivity contribution is 0.0954. The van der Waals surface area contributed by atoms with Crippen LogP contribution < -0.4 is 14.9 Å². The van der Waals surface area contributed by atoms with Crippen molar-refractivity contribution in [3.05, 3.63) is 76.9 Å². The maximum atomic E-state index is 13.2. The second-order valence-corrected chi connectivity index (χ2v) is 6.41. The van der Waals surface area contributed by atoms with Gasteiger partial charge in [-0.05, 0) is 62.4 Å². The number of methoxy groups -OCH3 is 2. The van der Waals surface area contributed by atoms with Crippen molar-refractivity contribution in [2.45, 2.75) is 13.8 Å². The second-order valence-electron chi connectivity index (χ2n) is 6.41. The summed E-state index contributed by atoms with van der Waals surface area (Å²) in [6.45, 7) is 3.89. The summed E-state index contributed by atoms with van der Waals surface area (Å²) in [6, 6.07) is 13.1. The molecule has 0 radical (unpaired) electrons. The van der Waals surface area contributed by atoms with Crippen LogP contribution in [0.25, 0.3) is 5.69 Å². The summed E-state index contributed by atoms with van der Waals surface area (Å²) < 4.78 is 25.6. The first-order chi connectivity index (χ1) is 13.9. The third-order valence-corrected chi connectivity index (χ3v) is 4.57. The zero-order valence-electron chi connectivity index (χ0n) is 16.7. The minimum absolute atomic E-state index is 0.282. The smallest absolute Gasteiger partial charge is 0.271 e. The summed E-state index contributed by atoms with van der Waals surface area (Å²) in [5, 5.41) is 4.07. The van der Waals surface area contributed by atoms with Crippen LogP contribution in [0.1, 0.15) is 27.3 Å². The second kappa shape index (κ2) is 8.60. The van der Waals surface area contributed by atoms with Crippen LogP contribution in [0.5, 0.6) is 11.5 Å². The van der Waals surface area contributed by atoms with Crippen LogP contribution in [0, 0.1) is 19.7 Å². The van der Waals surface area contributed by atoms with Gasteiger partial charge in [-0.1, -0.05) is 0 Å². The zero-order valence-corrected chi connectivity index (χ0v) is 16.7. The molecule has 1 amide bonds. The van der Waals surface area contributed by atoms with Crippen LogP contribution in [0.3, 0.4) is 0 Å². The summed E-state index contributed by atoms with van der Waals surface area (Å²) in [7, 11) is 3.04. The van der Waals surface area contributed by atoms with Gasteiger partial charge in [0.2, 0.25) is 0 Å². The number of aromatic nitrogens is 1. The Labute approximate surface area is 168 Å². The largest absolute Gasteiger partial charge is 0.493 e. The lowest BCUT2D eigenvalue weighted by atomic mass is 10.2. The van der Waals surface area contributed by atoms with E-state index in [2.05, 4.69) is 10.5 Å². The third-order valence-electron chi connectivity index (χ3n) is 4.57. The van der Waals surface area contributed by atoms with Gasteiger partial charge >= 0.3 is 0 Å². The maximum absolute atomic E-state index is 13.2. The van der Waals surface area contributed by atoms with Gasteiger partial charge in [0.25, 0.3) is 5.91 Å². The SMILES string of the molecule is COc1ccc(C(=O)N/N=C\c2cc(C)n(-c3ccc(F)cc3)c2C)cc1OC. The zero-order chi connectivity index (χ0) is 21.0. The predicted molar refractivity (Wildman–Crippen MR) is 110 cm³/mol. The number of carbonyl (C=O) groups excluding carboxylic acids is 1. The lowest BCUT2D eigenvalue weighted by Crippen LogP contribution is -2.17. The minimum atomic E-state index is -0.366. The molecule has 0 bridgehead atoms. The fourth-order valence-corrected chi connectivity index (χ4v) is 3.11. The van der Waals surface area contributed by atoms with Crippen molar-refractivity contribution in [3.8, 4) is 17.2 Å². The molecule has 0 atom stereocenters. The van der Waals surface area contributed by atoms with E-state index in [1.807, 2.05) is 24.5 Å². The van der Waals surface area contributed by atoms with Crippen molar-refractivity contribution in [2.24, 2.45) is 5.10 Å². The molecule has 0 aliphatic rings. The quantitative estimate of drug-likeness (QED) is 0.507. The maximum Gasteiger partial charge on any atom is 0.271 e. The summed E-state index contributed by atoms with van der Waals surface area (Å²) in [6.07, 6.45) is 1.58. The summed E-state index contributed by atoms with van der Waals surface area (Å²) in [5.74, 6) is 0.359. The Balaban J connectivity index is 1.76. The van der Waals surface area contributed by atoms with Gasteiger partial charge in [0.1, 0.15) is 5.82 Å². The van der Waals surface area contributed by atoms with Gasteiger partial charge in [-0.15, -0.1) is 0 Å². The van der Waals surface area contributed by atoms with Crippen molar-refractivity contribution in [1.29, 1.82) is 0 Å². The predicted octanol–water partition coefficient (Wildman–Crippen LogP) is 4.01. The van der Waals surface area contributed by atoms with Crippen molar-refractivity contribution < 1.29 is 18.7 Å². The standard InChI is InChI=1S/C22H22FN3O3/c1-14-11-17(15(2)26(14)19-8-6-18(23)7-9-19)13-24-25-22(27)16-5-10-20(28-3)21(12-16)29-4/h5-13H,1-4H3,(H,25,27)/b24-13-.